The molecule has 0 saturated heterocycles. The number of hydrogen-bond donors (Lipinski definition) is 2. The van der Waals surface area contributed by atoms with E-state index in [1.165, 1.54) is 0 Å². The Labute approximate surface area is 71.5 Å². The summed E-state index contributed by atoms with van der Waals surface area (Å²) in [5.41, 5.74) is 0.603. The first kappa shape index (κ1) is 8.63. The van der Waals surface area contributed by atoms with E-state index >= 15 is 0 Å². The molecule has 0 saturated carbocycles. The number of aromatic hydroxyl groups is 1. The molecule has 0 amide bonds. The molecule has 0 atom stereocenters. The van der Waals surface area contributed by atoms with Crippen molar-refractivity contribution in [1.29, 1.82) is 0 Å². The van der Waals surface area contributed by atoms with Crippen LogP contribution in [0.3, 0.4) is 0 Å². The Kier molecular flexibility index (Phi) is 3.18. The molecule has 0 fully saturated rings. The highest BCUT2D eigenvalue weighted by molar-refractivity contribution is 5.44. The van der Waals surface area contributed by atoms with Gasteiger partial charge in [0.15, 0.2) is 0 Å². The van der Waals surface area contributed by atoms with Gasteiger partial charge in [0.1, 0.15) is 5.75 Å². The molecule has 62 valence electrons. The summed E-state index contributed by atoms with van der Waals surface area (Å²) in [6.45, 7) is 0.0561. The van der Waals surface area contributed by atoms with Crippen LogP contribution in [0.2, 0.25) is 0 Å². The summed E-state index contributed by atoms with van der Waals surface area (Å²) in [6.07, 6.45) is 0.439. The molecular formula is C10H10O2. The lowest BCUT2D eigenvalue weighted by Gasteiger charge is -1.92. The minimum Gasteiger partial charge on any atom is -0.507 e. The average Bonchev–Trinajstić information content (AvgIpc) is 2.09. The number of hydrogen-bond acceptors (Lipinski definition) is 2. The highest BCUT2D eigenvalue weighted by Crippen LogP contribution is 2.13. The Bertz CT molecular complexity index is 307. The van der Waals surface area contributed by atoms with Crippen LogP contribution >= 0.6 is 0 Å². The second-order valence-electron chi connectivity index (χ2n) is 2.29. The second-order valence-corrected chi connectivity index (χ2v) is 2.29. The summed E-state index contributed by atoms with van der Waals surface area (Å²) < 4.78 is 0. The molecule has 2 heteroatoms. The number of phenolic OH excluding ortho intramolecular Hbond substituents is 1. The van der Waals surface area contributed by atoms with E-state index in [0.717, 1.165) is 0 Å². The first-order chi connectivity index (χ1) is 5.84. The van der Waals surface area contributed by atoms with Crippen LogP contribution < -0.4 is 0 Å². The van der Waals surface area contributed by atoms with Crippen LogP contribution in [0.25, 0.3) is 0 Å². The molecule has 0 aliphatic carbocycles. The summed E-state index contributed by atoms with van der Waals surface area (Å²) in [5.74, 6) is 5.67. The lowest BCUT2D eigenvalue weighted by Crippen LogP contribution is -1.78. The Balaban J connectivity index is 2.77. The summed E-state index contributed by atoms with van der Waals surface area (Å²) in [4.78, 5) is 0. The molecule has 1 aromatic rings. The van der Waals surface area contributed by atoms with E-state index in [-0.39, 0.29) is 12.4 Å². The van der Waals surface area contributed by atoms with Gasteiger partial charge in [-0.05, 0) is 12.1 Å². The third-order valence-corrected chi connectivity index (χ3v) is 1.36. The fourth-order valence-corrected chi connectivity index (χ4v) is 0.793. The van der Waals surface area contributed by atoms with Gasteiger partial charge in [-0.2, -0.15) is 0 Å². The van der Waals surface area contributed by atoms with Gasteiger partial charge in [0.2, 0.25) is 0 Å². The maximum atomic E-state index is 9.24. The lowest BCUT2D eigenvalue weighted by atomic mass is 10.2. The fraction of sp³-hybridized carbons (Fsp3) is 0.200. The molecule has 0 radical (unpaired) electrons. The summed E-state index contributed by atoms with van der Waals surface area (Å²) in [7, 11) is 0. The summed E-state index contributed by atoms with van der Waals surface area (Å²) in [5, 5.41) is 17.7. The standard InChI is InChI=1S/C10H10O2/c11-8-4-3-6-9-5-1-2-7-10(9)12/h1-2,5,7,11-12H,4,8H2. The fourth-order valence-electron chi connectivity index (χ4n) is 0.793. The van der Waals surface area contributed by atoms with Gasteiger partial charge in [0.25, 0.3) is 0 Å². The third-order valence-electron chi connectivity index (χ3n) is 1.36. The molecule has 0 aliphatic heterocycles. The predicted octanol–water partition coefficient (Wildman–Crippen LogP) is 1.13. The molecule has 2 nitrogen and oxygen atoms in total. The van der Waals surface area contributed by atoms with Gasteiger partial charge < -0.3 is 10.2 Å². The van der Waals surface area contributed by atoms with Gasteiger partial charge in [0, 0.05) is 6.42 Å². The molecule has 2 N–H and O–H groups in total. The van der Waals surface area contributed by atoms with E-state index < -0.39 is 0 Å². The van der Waals surface area contributed by atoms with Crippen LogP contribution in [0.4, 0.5) is 0 Å². The van der Waals surface area contributed by atoms with Gasteiger partial charge in [-0.15, -0.1) is 0 Å². The normalized spacial score (nSPS) is 8.75. The molecule has 0 aromatic heterocycles. The van der Waals surface area contributed by atoms with E-state index in [9.17, 15) is 5.11 Å². The van der Waals surface area contributed by atoms with Gasteiger partial charge in [-0.1, -0.05) is 24.0 Å². The summed E-state index contributed by atoms with van der Waals surface area (Å²) in [6, 6.07) is 6.87. The molecule has 0 bridgehead atoms. The zero-order valence-electron chi connectivity index (χ0n) is 6.62. The van der Waals surface area contributed by atoms with Crippen molar-refractivity contribution in [2.75, 3.05) is 6.61 Å². The highest BCUT2D eigenvalue weighted by atomic mass is 16.3. The van der Waals surface area contributed by atoms with Crippen molar-refractivity contribution in [2.24, 2.45) is 0 Å². The third kappa shape index (κ3) is 2.30. The average molecular weight is 162 g/mol. The summed E-state index contributed by atoms with van der Waals surface area (Å²) >= 11 is 0. The molecule has 1 aromatic carbocycles. The monoisotopic (exact) mass is 162 g/mol. The van der Waals surface area contributed by atoms with E-state index in [2.05, 4.69) is 11.8 Å². The Morgan fingerprint density at radius 3 is 2.67 bits per heavy atom. The molecule has 1 rings (SSSR count). The van der Waals surface area contributed by atoms with Crippen molar-refractivity contribution in [1.82, 2.24) is 0 Å². The topological polar surface area (TPSA) is 40.5 Å². The van der Waals surface area contributed by atoms with Gasteiger partial charge in [0.05, 0.1) is 12.2 Å². The first-order valence-corrected chi connectivity index (χ1v) is 3.72. The van der Waals surface area contributed by atoms with Crippen molar-refractivity contribution in [3.8, 4) is 17.6 Å². The number of benzene rings is 1. The van der Waals surface area contributed by atoms with Crippen LogP contribution in [0.1, 0.15) is 12.0 Å². The molecule has 12 heavy (non-hydrogen) atoms. The lowest BCUT2D eigenvalue weighted by molar-refractivity contribution is 0.305. The van der Waals surface area contributed by atoms with E-state index in [1.54, 1.807) is 18.2 Å². The molecule has 0 spiro atoms. The first-order valence-electron chi connectivity index (χ1n) is 3.72. The van der Waals surface area contributed by atoms with Crippen LogP contribution in [0.15, 0.2) is 24.3 Å². The van der Waals surface area contributed by atoms with Gasteiger partial charge in [-0.25, -0.2) is 0 Å². The van der Waals surface area contributed by atoms with E-state index in [1.807, 2.05) is 6.07 Å². The number of aliphatic hydroxyl groups is 1. The Morgan fingerprint density at radius 1 is 1.25 bits per heavy atom. The number of aliphatic hydroxyl groups excluding tert-OH is 1. The zero-order chi connectivity index (χ0) is 8.81. The maximum Gasteiger partial charge on any atom is 0.131 e. The van der Waals surface area contributed by atoms with Crippen molar-refractivity contribution in [2.45, 2.75) is 6.42 Å². The van der Waals surface area contributed by atoms with Gasteiger partial charge >= 0.3 is 0 Å². The molecule has 0 unspecified atom stereocenters. The predicted molar refractivity (Wildman–Crippen MR) is 46.7 cm³/mol. The number of phenols is 1. The van der Waals surface area contributed by atoms with Crippen molar-refractivity contribution in [3.05, 3.63) is 29.8 Å². The van der Waals surface area contributed by atoms with E-state index in [0.29, 0.717) is 12.0 Å². The van der Waals surface area contributed by atoms with Crippen LogP contribution in [0.5, 0.6) is 5.75 Å². The second kappa shape index (κ2) is 4.42. The SMILES string of the molecule is OCCC#Cc1ccccc1O. The van der Waals surface area contributed by atoms with E-state index in [4.69, 9.17) is 5.11 Å². The zero-order valence-corrected chi connectivity index (χ0v) is 6.62. The minimum atomic E-state index is 0.0561. The number of rotatable bonds is 1. The van der Waals surface area contributed by atoms with Crippen LogP contribution in [-0.2, 0) is 0 Å². The van der Waals surface area contributed by atoms with Crippen molar-refractivity contribution in [3.63, 3.8) is 0 Å². The smallest absolute Gasteiger partial charge is 0.131 e. The largest absolute Gasteiger partial charge is 0.507 e. The van der Waals surface area contributed by atoms with Gasteiger partial charge in [-0.3, -0.25) is 0 Å². The quantitative estimate of drug-likeness (QED) is 0.607. The molecule has 0 heterocycles. The van der Waals surface area contributed by atoms with Crippen LogP contribution in [-0.4, -0.2) is 16.8 Å². The van der Waals surface area contributed by atoms with Crippen LogP contribution in [0, 0.1) is 11.8 Å². The number of para-hydroxylation sites is 1. The van der Waals surface area contributed by atoms with Crippen molar-refractivity contribution < 1.29 is 10.2 Å². The minimum absolute atomic E-state index is 0.0561. The Hall–Kier alpha value is -1.46. The maximum absolute atomic E-state index is 9.24. The van der Waals surface area contributed by atoms with Crippen molar-refractivity contribution >= 4 is 0 Å². The molecule has 0 aliphatic rings. The Morgan fingerprint density at radius 2 is 2.00 bits per heavy atom. The molecular weight excluding hydrogens is 152 g/mol. The highest BCUT2D eigenvalue weighted by Gasteiger charge is 1.92.